The first-order chi connectivity index (χ1) is 9.13. The number of aliphatic hydroxyl groups excluding tert-OH is 1. The van der Waals surface area contributed by atoms with Crippen molar-refractivity contribution in [3.8, 4) is 0 Å². The quantitative estimate of drug-likeness (QED) is 0.606. The lowest BCUT2D eigenvalue weighted by Gasteiger charge is -2.16. The van der Waals surface area contributed by atoms with Gasteiger partial charge in [-0.15, -0.1) is 0 Å². The fourth-order valence-electron chi connectivity index (χ4n) is 2.18. The van der Waals surface area contributed by atoms with Crippen LogP contribution in [0.2, 0.25) is 0 Å². The number of rotatable bonds is 5. The van der Waals surface area contributed by atoms with Crippen molar-refractivity contribution in [3.63, 3.8) is 0 Å². The number of carboxylic acids is 1. The first-order valence-corrected chi connectivity index (χ1v) is 6.10. The molecule has 6 heteroatoms. The fraction of sp³-hybridized carbons (Fsp3) is 0.385. The predicted molar refractivity (Wildman–Crippen MR) is 68.9 cm³/mol. The minimum atomic E-state index is -1.14. The molecule has 0 fully saturated rings. The summed E-state index contributed by atoms with van der Waals surface area (Å²) < 4.78 is 0. The number of carboxylic acid groups (broad SMARTS) is 1. The molecule has 0 radical (unpaired) electrons. The number of hydrogen-bond acceptors (Lipinski definition) is 4. The molecule has 1 heterocycles. The Hall–Kier alpha value is -2.08. The average molecular weight is 264 g/mol. The highest BCUT2D eigenvalue weighted by atomic mass is 16.4. The molecule has 1 aliphatic heterocycles. The molecule has 1 aliphatic rings. The minimum Gasteiger partial charge on any atom is -0.480 e. The molecule has 1 aromatic rings. The van der Waals surface area contributed by atoms with Crippen LogP contribution >= 0.6 is 0 Å². The second kappa shape index (κ2) is 5.71. The third-order valence-corrected chi connectivity index (χ3v) is 3.18. The summed E-state index contributed by atoms with van der Waals surface area (Å²) in [6.45, 7) is 0.174. The van der Waals surface area contributed by atoms with E-state index in [9.17, 15) is 9.59 Å². The smallest absolute Gasteiger partial charge is 0.326 e. The molecule has 0 aromatic heterocycles. The van der Waals surface area contributed by atoms with Crippen molar-refractivity contribution < 1.29 is 19.8 Å². The largest absolute Gasteiger partial charge is 0.480 e. The van der Waals surface area contributed by atoms with Crippen LogP contribution < -0.4 is 10.6 Å². The van der Waals surface area contributed by atoms with Gasteiger partial charge in [0.2, 0.25) is 5.91 Å². The fourth-order valence-corrected chi connectivity index (χ4v) is 2.18. The molecular formula is C13H16N2O4. The number of aliphatic hydroxyl groups is 1. The summed E-state index contributed by atoms with van der Waals surface area (Å²) in [6, 6.07) is 6.39. The topological polar surface area (TPSA) is 98.7 Å². The molecule has 0 spiro atoms. The van der Waals surface area contributed by atoms with Crippen molar-refractivity contribution in [1.82, 2.24) is 5.32 Å². The van der Waals surface area contributed by atoms with E-state index in [2.05, 4.69) is 10.6 Å². The van der Waals surface area contributed by atoms with Gasteiger partial charge in [0.25, 0.3) is 0 Å². The zero-order chi connectivity index (χ0) is 13.8. The summed E-state index contributed by atoms with van der Waals surface area (Å²) in [4.78, 5) is 23.0. The monoisotopic (exact) mass is 264 g/mol. The Morgan fingerprint density at radius 1 is 1.42 bits per heavy atom. The van der Waals surface area contributed by atoms with Crippen LogP contribution in [0.25, 0.3) is 0 Å². The first-order valence-electron chi connectivity index (χ1n) is 6.10. The summed E-state index contributed by atoms with van der Waals surface area (Å²) in [6.07, 6.45) is 0.00285. The van der Waals surface area contributed by atoms with E-state index in [1.807, 2.05) is 24.3 Å². The van der Waals surface area contributed by atoms with Crippen LogP contribution in [-0.2, 0) is 9.59 Å². The molecule has 19 heavy (non-hydrogen) atoms. The van der Waals surface area contributed by atoms with E-state index in [0.717, 1.165) is 11.3 Å². The van der Waals surface area contributed by atoms with Gasteiger partial charge < -0.3 is 20.8 Å². The summed E-state index contributed by atoms with van der Waals surface area (Å²) in [5.41, 5.74) is 1.77. The zero-order valence-corrected chi connectivity index (χ0v) is 10.3. The second-order valence-corrected chi connectivity index (χ2v) is 4.43. The van der Waals surface area contributed by atoms with E-state index in [0.29, 0.717) is 6.54 Å². The Morgan fingerprint density at radius 3 is 2.84 bits per heavy atom. The van der Waals surface area contributed by atoms with Gasteiger partial charge in [0.15, 0.2) is 0 Å². The van der Waals surface area contributed by atoms with Gasteiger partial charge in [-0.25, -0.2) is 4.79 Å². The number of aliphatic carboxylic acids is 1. The zero-order valence-electron chi connectivity index (χ0n) is 10.3. The molecule has 0 saturated heterocycles. The Labute approximate surface area is 110 Å². The number of amides is 1. The van der Waals surface area contributed by atoms with Gasteiger partial charge in [0.05, 0.1) is 5.92 Å². The third-order valence-electron chi connectivity index (χ3n) is 3.18. The van der Waals surface area contributed by atoms with Crippen LogP contribution in [0.15, 0.2) is 24.3 Å². The Morgan fingerprint density at radius 2 is 2.16 bits per heavy atom. The van der Waals surface area contributed by atoms with Crippen LogP contribution in [0, 0.1) is 0 Å². The lowest BCUT2D eigenvalue weighted by atomic mass is 10.00. The minimum absolute atomic E-state index is 0.00285. The number of para-hydroxylation sites is 1. The average Bonchev–Trinajstić information content (AvgIpc) is 2.81. The van der Waals surface area contributed by atoms with Crippen LogP contribution in [-0.4, -0.2) is 41.3 Å². The van der Waals surface area contributed by atoms with Crippen molar-refractivity contribution in [2.45, 2.75) is 18.4 Å². The highest BCUT2D eigenvalue weighted by Crippen LogP contribution is 2.31. The predicted octanol–water partition coefficient (Wildman–Crippen LogP) is 0.148. The van der Waals surface area contributed by atoms with Crippen LogP contribution in [0.1, 0.15) is 17.9 Å². The normalized spacial score (nSPS) is 18.3. The lowest BCUT2D eigenvalue weighted by molar-refractivity contribution is -0.142. The molecule has 4 N–H and O–H groups in total. The summed E-state index contributed by atoms with van der Waals surface area (Å²) in [5, 5.41) is 23.3. The molecule has 1 amide bonds. The van der Waals surface area contributed by atoms with Gasteiger partial charge in [-0.2, -0.15) is 0 Å². The summed E-state index contributed by atoms with van der Waals surface area (Å²) in [7, 11) is 0. The lowest BCUT2D eigenvalue weighted by Crippen LogP contribution is -2.43. The maximum atomic E-state index is 12.1. The molecule has 102 valence electrons. The van der Waals surface area contributed by atoms with Gasteiger partial charge >= 0.3 is 5.97 Å². The Bertz CT molecular complexity index is 489. The van der Waals surface area contributed by atoms with E-state index >= 15 is 0 Å². The molecule has 0 bridgehead atoms. The van der Waals surface area contributed by atoms with Gasteiger partial charge in [-0.1, -0.05) is 18.2 Å². The van der Waals surface area contributed by atoms with Crippen molar-refractivity contribution in [3.05, 3.63) is 29.8 Å². The van der Waals surface area contributed by atoms with Crippen molar-refractivity contribution in [2.75, 3.05) is 18.5 Å². The highest BCUT2D eigenvalue weighted by molar-refractivity contribution is 5.91. The summed E-state index contributed by atoms with van der Waals surface area (Å²) in [5.74, 6) is -1.86. The van der Waals surface area contributed by atoms with E-state index in [-0.39, 0.29) is 18.9 Å². The highest BCUT2D eigenvalue weighted by Gasteiger charge is 2.30. The van der Waals surface area contributed by atoms with E-state index in [1.165, 1.54) is 0 Å². The maximum absolute atomic E-state index is 12.1. The Kier molecular flexibility index (Phi) is 4.01. The van der Waals surface area contributed by atoms with E-state index in [4.69, 9.17) is 10.2 Å². The maximum Gasteiger partial charge on any atom is 0.326 e. The molecule has 0 aliphatic carbocycles. The van der Waals surface area contributed by atoms with E-state index in [1.54, 1.807) is 0 Å². The molecule has 1 aromatic carbocycles. The van der Waals surface area contributed by atoms with Crippen molar-refractivity contribution in [2.24, 2.45) is 0 Å². The van der Waals surface area contributed by atoms with Gasteiger partial charge in [0.1, 0.15) is 6.04 Å². The molecule has 0 saturated carbocycles. The number of hydrogen-bond donors (Lipinski definition) is 4. The second-order valence-electron chi connectivity index (χ2n) is 4.43. The van der Waals surface area contributed by atoms with Gasteiger partial charge in [0, 0.05) is 25.3 Å². The van der Waals surface area contributed by atoms with Crippen LogP contribution in [0.4, 0.5) is 5.69 Å². The SMILES string of the molecule is O=C(O)C(CCO)NC(=O)C1CNc2ccccc21. The number of benzene rings is 1. The number of anilines is 1. The van der Waals surface area contributed by atoms with Crippen molar-refractivity contribution >= 4 is 17.6 Å². The molecule has 2 unspecified atom stereocenters. The van der Waals surface area contributed by atoms with Crippen LogP contribution in [0.3, 0.4) is 0 Å². The number of carbonyl (C=O) groups excluding carboxylic acids is 1. The van der Waals surface area contributed by atoms with Crippen LogP contribution in [0.5, 0.6) is 0 Å². The van der Waals surface area contributed by atoms with Crippen molar-refractivity contribution in [1.29, 1.82) is 0 Å². The molecule has 6 nitrogen and oxygen atoms in total. The van der Waals surface area contributed by atoms with E-state index < -0.39 is 17.9 Å². The number of fused-ring (bicyclic) bond motifs is 1. The first kappa shape index (κ1) is 13.4. The molecule has 2 rings (SSSR count). The standard InChI is InChI=1S/C13H16N2O4/c16-6-5-11(13(18)19)15-12(17)9-7-14-10-4-2-1-3-8(9)10/h1-4,9,11,14,16H,5-7H2,(H,15,17)(H,18,19). The molecular weight excluding hydrogens is 248 g/mol. The third kappa shape index (κ3) is 2.85. The van der Waals surface area contributed by atoms with Gasteiger partial charge in [-0.3, -0.25) is 4.79 Å². The Balaban J connectivity index is 2.07. The number of nitrogens with one attached hydrogen (secondary N) is 2. The molecule has 2 atom stereocenters. The number of carbonyl (C=O) groups is 2. The van der Waals surface area contributed by atoms with Gasteiger partial charge in [-0.05, 0) is 11.6 Å². The summed E-state index contributed by atoms with van der Waals surface area (Å²) >= 11 is 0.